The van der Waals surface area contributed by atoms with Crippen LogP contribution in [-0.2, 0) is 16.4 Å². The van der Waals surface area contributed by atoms with Crippen LogP contribution in [0.2, 0.25) is 0 Å². The van der Waals surface area contributed by atoms with Gasteiger partial charge in [0.2, 0.25) is 5.43 Å². The maximum Gasteiger partial charge on any atom is 0.212 e. The first-order chi connectivity index (χ1) is 9.81. The largest absolute Gasteiger partial charge is 0.287 e. The van der Waals surface area contributed by atoms with Gasteiger partial charge in [0.1, 0.15) is 12.1 Å². The molecule has 0 N–H and O–H groups in total. The molecule has 0 aliphatic carbocycles. The number of rotatable bonds is 3. The van der Waals surface area contributed by atoms with Gasteiger partial charge in [0, 0.05) is 17.0 Å². The number of aromatic nitrogens is 1. The van der Waals surface area contributed by atoms with Gasteiger partial charge in [-0.05, 0) is 23.1 Å². The molecule has 20 heavy (non-hydrogen) atoms. The van der Waals surface area contributed by atoms with Crippen LogP contribution < -0.4 is 5.43 Å². The van der Waals surface area contributed by atoms with Crippen LogP contribution in [0.25, 0.3) is 21.7 Å². The molecule has 0 aliphatic rings. The van der Waals surface area contributed by atoms with Gasteiger partial charge in [0.25, 0.3) is 0 Å². The Bertz CT molecular complexity index is 830. The molecule has 0 radical (unpaired) electrons. The molecular weight excluding hydrogens is 254 g/mol. The van der Waals surface area contributed by atoms with E-state index in [2.05, 4.69) is 9.87 Å². The maximum atomic E-state index is 12.6. The minimum Gasteiger partial charge on any atom is -0.287 e. The van der Waals surface area contributed by atoms with E-state index in [1.54, 1.807) is 6.20 Å². The average molecular weight is 267 g/mol. The molecule has 0 aliphatic heterocycles. The Morgan fingerprint density at radius 2 is 1.90 bits per heavy atom. The van der Waals surface area contributed by atoms with Crippen LogP contribution in [0.1, 0.15) is 5.56 Å². The van der Waals surface area contributed by atoms with E-state index >= 15 is 0 Å². The zero-order valence-corrected chi connectivity index (χ0v) is 11.0. The first kappa shape index (κ1) is 12.7. The summed E-state index contributed by atoms with van der Waals surface area (Å²) in [6, 6.07) is 13.1. The third kappa shape index (κ3) is 2.15. The van der Waals surface area contributed by atoms with Crippen LogP contribution in [0.15, 0.2) is 53.5 Å². The Kier molecular flexibility index (Phi) is 3.41. The van der Waals surface area contributed by atoms with E-state index in [0.29, 0.717) is 10.9 Å². The number of hydrogen-bond donors (Lipinski definition) is 0. The average Bonchev–Trinajstić information content (AvgIpc) is 2.62. The molecule has 3 aromatic rings. The number of hydrogen-bond acceptors (Lipinski definition) is 4. The molecule has 1 heterocycles. The van der Waals surface area contributed by atoms with Crippen molar-refractivity contribution in [1.82, 2.24) is 4.98 Å². The molecule has 0 unspecified atom stereocenters. The van der Waals surface area contributed by atoms with Crippen molar-refractivity contribution < 1.29 is 9.78 Å². The van der Waals surface area contributed by atoms with Crippen molar-refractivity contribution in [2.75, 3.05) is 7.11 Å². The Hall–Kier alpha value is -2.30. The molecule has 2 aromatic carbocycles. The van der Waals surface area contributed by atoms with Gasteiger partial charge in [-0.25, -0.2) is 9.78 Å². The Morgan fingerprint density at radius 1 is 1.10 bits per heavy atom. The van der Waals surface area contributed by atoms with E-state index in [1.807, 2.05) is 42.5 Å². The summed E-state index contributed by atoms with van der Waals surface area (Å²) in [7, 11) is 1.46. The summed E-state index contributed by atoms with van der Waals surface area (Å²) in [6.07, 6.45) is 1.62. The maximum absolute atomic E-state index is 12.6. The second kappa shape index (κ2) is 5.36. The molecule has 0 atom stereocenters. The third-order valence-electron chi connectivity index (χ3n) is 3.24. The van der Waals surface area contributed by atoms with E-state index in [9.17, 15) is 4.79 Å². The van der Waals surface area contributed by atoms with E-state index in [4.69, 9.17) is 4.89 Å². The molecule has 0 fully saturated rings. The first-order valence-corrected chi connectivity index (χ1v) is 6.26. The lowest BCUT2D eigenvalue weighted by molar-refractivity contribution is -0.281. The highest BCUT2D eigenvalue weighted by Crippen LogP contribution is 2.19. The molecule has 100 valence electrons. The molecule has 0 saturated carbocycles. The molecule has 1 aromatic heterocycles. The van der Waals surface area contributed by atoms with Crippen molar-refractivity contribution >= 4 is 21.7 Å². The van der Waals surface area contributed by atoms with Crippen molar-refractivity contribution in [2.45, 2.75) is 6.61 Å². The normalized spacial score (nSPS) is 11.1. The van der Waals surface area contributed by atoms with Crippen LogP contribution in [0.5, 0.6) is 0 Å². The van der Waals surface area contributed by atoms with E-state index in [0.717, 1.165) is 16.3 Å². The monoisotopic (exact) mass is 267 g/mol. The zero-order chi connectivity index (χ0) is 13.9. The molecule has 4 heteroatoms. The smallest absolute Gasteiger partial charge is 0.212 e. The Balaban J connectivity index is 2.46. The summed E-state index contributed by atoms with van der Waals surface area (Å²) >= 11 is 0. The highest BCUT2D eigenvalue weighted by atomic mass is 17.2. The highest BCUT2D eigenvalue weighted by Gasteiger charge is 2.08. The van der Waals surface area contributed by atoms with Gasteiger partial charge in [-0.2, -0.15) is 0 Å². The van der Waals surface area contributed by atoms with Crippen LogP contribution in [0.4, 0.5) is 0 Å². The number of pyridine rings is 1. The van der Waals surface area contributed by atoms with Crippen molar-refractivity contribution in [3.8, 4) is 0 Å². The predicted molar refractivity (Wildman–Crippen MR) is 77.3 cm³/mol. The summed E-state index contributed by atoms with van der Waals surface area (Å²) in [6.45, 7) is 0.261. The van der Waals surface area contributed by atoms with E-state index in [-0.39, 0.29) is 12.0 Å². The third-order valence-corrected chi connectivity index (χ3v) is 3.24. The summed E-state index contributed by atoms with van der Waals surface area (Å²) in [5.41, 5.74) is 1.25. The quantitative estimate of drug-likeness (QED) is 0.541. The Labute approximate surface area is 115 Å². The fourth-order valence-electron chi connectivity index (χ4n) is 2.31. The SMILES string of the molecule is COOCc1cc2ccccc2c(=O)c2ncccc12. The van der Waals surface area contributed by atoms with Crippen molar-refractivity contribution in [3.63, 3.8) is 0 Å². The lowest BCUT2D eigenvalue weighted by atomic mass is 10.1. The minimum atomic E-state index is -0.0696. The van der Waals surface area contributed by atoms with Gasteiger partial charge in [-0.3, -0.25) is 9.78 Å². The first-order valence-electron chi connectivity index (χ1n) is 6.26. The van der Waals surface area contributed by atoms with Gasteiger partial charge in [-0.1, -0.05) is 30.3 Å². The van der Waals surface area contributed by atoms with Crippen molar-refractivity contribution in [2.24, 2.45) is 0 Å². The zero-order valence-electron chi connectivity index (χ0n) is 11.0. The fourth-order valence-corrected chi connectivity index (χ4v) is 2.31. The molecule has 0 spiro atoms. The van der Waals surface area contributed by atoms with Gasteiger partial charge in [0.05, 0.1) is 7.11 Å². The number of benzene rings is 1. The van der Waals surface area contributed by atoms with Crippen LogP contribution in [0, 0.1) is 0 Å². The molecule has 4 nitrogen and oxygen atoms in total. The minimum absolute atomic E-state index is 0.0696. The lowest BCUT2D eigenvalue weighted by Gasteiger charge is -2.01. The van der Waals surface area contributed by atoms with Crippen molar-refractivity contribution in [3.05, 3.63) is 64.4 Å². The van der Waals surface area contributed by atoms with Crippen LogP contribution in [0.3, 0.4) is 0 Å². The number of nitrogens with zero attached hydrogens (tertiary/aromatic N) is 1. The molecule has 0 saturated heterocycles. The lowest BCUT2D eigenvalue weighted by Crippen LogP contribution is -2.00. The topological polar surface area (TPSA) is 48.4 Å². The fraction of sp³-hybridized carbons (Fsp3) is 0.125. The standard InChI is InChI=1S/C16H13NO3/c1-19-20-10-12-9-11-5-2-3-6-14(11)16(18)15-13(12)7-4-8-17-15/h2-9H,10H2,1H3. The summed E-state index contributed by atoms with van der Waals surface area (Å²) in [5, 5.41) is 2.30. The number of fused-ring (bicyclic) bond motifs is 2. The second-order valence-electron chi connectivity index (χ2n) is 4.41. The van der Waals surface area contributed by atoms with Gasteiger partial charge in [-0.15, -0.1) is 0 Å². The van der Waals surface area contributed by atoms with Gasteiger partial charge < -0.3 is 0 Å². The Morgan fingerprint density at radius 3 is 2.75 bits per heavy atom. The summed E-state index contributed by atoms with van der Waals surface area (Å²) < 4.78 is 0. The van der Waals surface area contributed by atoms with Crippen molar-refractivity contribution in [1.29, 1.82) is 0 Å². The van der Waals surface area contributed by atoms with E-state index in [1.165, 1.54) is 7.11 Å². The van der Waals surface area contributed by atoms with Crippen LogP contribution >= 0.6 is 0 Å². The summed E-state index contributed by atoms with van der Waals surface area (Å²) in [5.74, 6) is 0. The second-order valence-corrected chi connectivity index (χ2v) is 4.41. The van der Waals surface area contributed by atoms with Crippen LogP contribution in [-0.4, -0.2) is 12.1 Å². The van der Waals surface area contributed by atoms with Gasteiger partial charge >= 0.3 is 0 Å². The highest BCUT2D eigenvalue weighted by molar-refractivity contribution is 5.93. The van der Waals surface area contributed by atoms with E-state index < -0.39 is 0 Å². The molecule has 3 rings (SSSR count). The van der Waals surface area contributed by atoms with Gasteiger partial charge in [0.15, 0.2) is 0 Å². The predicted octanol–water partition coefficient (Wildman–Crippen LogP) is 2.83. The molecule has 0 bridgehead atoms. The molecule has 0 amide bonds. The summed E-state index contributed by atoms with van der Waals surface area (Å²) in [4.78, 5) is 26.5. The molecular formula is C16H13NO3.